The van der Waals surface area contributed by atoms with Crippen LogP contribution in [0.3, 0.4) is 0 Å². The molecule has 0 spiro atoms. The summed E-state index contributed by atoms with van der Waals surface area (Å²) in [4.78, 5) is 0. The molecule has 2 rings (SSSR count). The molecule has 4 nitrogen and oxygen atoms in total. The summed E-state index contributed by atoms with van der Waals surface area (Å²) in [7, 11) is 0. The summed E-state index contributed by atoms with van der Waals surface area (Å²) in [5, 5.41) is 0.529. The Labute approximate surface area is 154 Å². The van der Waals surface area contributed by atoms with Gasteiger partial charge in [0.2, 0.25) is 0 Å². The highest BCUT2D eigenvalue weighted by Crippen LogP contribution is 2.36. The van der Waals surface area contributed by atoms with Crippen molar-refractivity contribution >= 4 is 11.6 Å². The van der Waals surface area contributed by atoms with Crippen LogP contribution in [0.15, 0.2) is 30.3 Å². The number of aryl methyl sites for hydroxylation is 2. The van der Waals surface area contributed by atoms with Crippen molar-refractivity contribution in [1.82, 2.24) is 0 Å². The molecule has 2 aromatic carbocycles. The first-order chi connectivity index (χ1) is 12.0. The lowest BCUT2D eigenvalue weighted by atomic mass is 10.1. The number of ether oxygens (including phenoxy) is 3. The largest absolute Gasteiger partial charge is 0.490 e. The Morgan fingerprint density at radius 3 is 2.40 bits per heavy atom. The summed E-state index contributed by atoms with van der Waals surface area (Å²) in [6.07, 6.45) is 0.746. The first-order valence-corrected chi connectivity index (χ1v) is 8.91. The van der Waals surface area contributed by atoms with E-state index < -0.39 is 0 Å². The first kappa shape index (κ1) is 19.4. The zero-order valence-corrected chi connectivity index (χ0v) is 15.9. The van der Waals surface area contributed by atoms with Gasteiger partial charge in [-0.15, -0.1) is 0 Å². The van der Waals surface area contributed by atoms with E-state index in [-0.39, 0.29) is 0 Å². The molecule has 5 heteroatoms. The maximum atomic E-state index is 6.36. The summed E-state index contributed by atoms with van der Waals surface area (Å²) in [5.41, 5.74) is 8.98. The summed E-state index contributed by atoms with van der Waals surface area (Å²) in [5.74, 6) is 2.06. The molecule has 0 heterocycles. The molecule has 0 amide bonds. The van der Waals surface area contributed by atoms with E-state index in [1.807, 2.05) is 38.1 Å². The average Bonchev–Trinajstić information content (AvgIpc) is 2.55. The fourth-order valence-corrected chi connectivity index (χ4v) is 2.88. The van der Waals surface area contributed by atoms with Crippen molar-refractivity contribution in [3.05, 3.63) is 52.0 Å². The number of benzene rings is 2. The zero-order chi connectivity index (χ0) is 18.2. The Hall–Kier alpha value is -1.91. The van der Waals surface area contributed by atoms with Crippen LogP contribution in [-0.4, -0.2) is 26.4 Å². The van der Waals surface area contributed by atoms with Crippen LogP contribution in [0.2, 0.25) is 5.02 Å². The van der Waals surface area contributed by atoms with E-state index in [0.29, 0.717) is 42.9 Å². The third-order valence-corrected chi connectivity index (χ3v) is 4.00. The van der Waals surface area contributed by atoms with Crippen molar-refractivity contribution in [2.45, 2.75) is 27.2 Å². The maximum absolute atomic E-state index is 6.36. The van der Waals surface area contributed by atoms with Crippen molar-refractivity contribution in [2.75, 3.05) is 26.4 Å². The number of hydrogen-bond donors (Lipinski definition) is 1. The van der Waals surface area contributed by atoms with Gasteiger partial charge >= 0.3 is 0 Å². The molecule has 2 aromatic rings. The minimum atomic E-state index is 0.378. The molecular weight excluding hydrogens is 338 g/mol. The van der Waals surface area contributed by atoms with Crippen molar-refractivity contribution < 1.29 is 14.2 Å². The van der Waals surface area contributed by atoms with Crippen LogP contribution in [0.4, 0.5) is 0 Å². The van der Waals surface area contributed by atoms with Gasteiger partial charge in [-0.25, -0.2) is 0 Å². The Bertz CT molecular complexity index is 704. The molecule has 0 aliphatic rings. The molecule has 0 saturated carbocycles. The molecule has 2 N–H and O–H groups in total. The summed E-state index contributed by atoms with van der Waals surface area (Å²) in [6, 6.07) is 9.91. The predicted molar refractivity (Wildman–Crippen MR) is 102 cm³/mol. The quantitative estimate of drug-likeness (QED) is 0.674. The molecule has 0 aromatic heterocycles. The summed E-state index contributed by atoms with van der Waals surface area (Å²) in [6.45, 7) is 7.93. The molecule has 0 radical (unpaired) electrons. The molecule has 136 valence electrons. The second kappa shape index (κ2) is 9.54. The van der Waals surface area contributed by atoms with E-state index in [9.17, 15) is 0 Å². The second-order valence-corrected chi connectivity index (χ2v) is 6.25. The molecule has 0 atom stereocenters. The van der Waals surface area contributed by atoms with Gasteiger partial charge in [0.05, 0.1) is 11.6 Å². The number of hydrogen-bond acceptors (Lipinski definition) is 4. The van der Waals surface area contributed by atoms with Gasteiger partial charge in [-0.3, -0.25) is 0 Å². The van der Waals surface area contributed by atoms with Crippen LogP contribution < -0.4 is 19.9 Å². The fraction of sp³-hybridized carbons (Fsp3) is 0.400. The summed E-state index contributed by atoms with van der Waals surface area (Å²) >= 11 is 6.36. The zero-order valence-electron chi connectivity index (χ0n) is 15.1. The van der Waals surface area contributed by atoms with E-state index in [1.165, 1.54) is 5.56 Å². The third kappa shape index (κ3) is 5.55. The number of nitrogens with two attached hydrogens (primary N) is 1. The number of rotatable bonds is 9. The Morgan fingerprint density at radius 1 is 0.960 bits per heavy atom. The molecule has 0 aliphatic carbocycles. The highest BCUT2D eigenvalue weighted by atomic mass is 35.5. The van der Waals surface area contributed by atoms with Crippen LogP contribution in [0.5, 0.6) is 17.2 Å². The molecule has 0 unspecified atom stereocenters. The second-order valence-electron chi connectivity index (χ2n) is 5.84. The SMILES string of the molecule is CCOc1cc(CCN)cc(Cl)c1OCCOc1ccc(C)cc1C. The fourth-order valence-electron chi connectivity index (χ4n) is 2.59. The topological polar surface area (TPSA) is 53.7 Å². The standard InChI is InChI=1S/C20H26ClNO3/c1-4-23-19-13-16(7-8-22)12-17(21)20(19)25-10-9-24-18-6-5-14(2)11-15(18)3/h5-6,11-13H,4,7-10,22H2,1-3H3. The van der Waals surface area contributed by atoms with Crippen LogP contribution in [0.25, 0.3) is 0 Å². The highest BCUT2D eigenvalue weighted by molar-refractivity contribution is 6.32. The normalized spacial score (nSPS) is 10.6. The Balaban J connectivity index is 1.99. The minimum absolute atomic E-state index is 0.378. The van der Waals surface area contributed by atoms with Gasteiger partial charge < -0.3 is 19.9 Å². The van der Waals surface area contributed by atoms with E-state index in [1.54, 1.807) is 0 Å². The van der Waals surface area contributed by atoms with Crippen LogP contribution in [0, 0.1) is 13.8 Å². The molecule has 25 heavy (non-hydrogen) atoms. The lowest BCUT2D eigenvalue weighted by Crippen LogP contribution is -2.11. The smallest absolute Gasteiger partial charge is 0.179 e. The van der Waals surface area contributed by atoms with Gasteiger partial charge in [0.25, 0.3) is 0 Å². The number of halogens is 1. The maximum Gasteiger partial charge on any atom is 0.179 e. The molecule has 0 fully saturated rings. The monoisotopic (exact) mass is 363 g/mol. The van der Waals surface area contributed by atoms with Gasteiger partial charge in [-0.2, -0.15) is 0 Å². The van der Waals surface area contributed by atoms with Crippen molar-refractivity contribution in [2.24, 2.45) is 5.73 Å². The van der Waals surface area contributed by atoms with E-state index in [0.717, 1.165) is 23.3 Å². The van der Waals surface area contributed by atoms with E-state index in [2.05, 4.69) is 13.0 Å². The lowest BCUT2D eigenvalue weighted by molar-refractivity contribution is 0.207. The van der Waals surface area contributed by atoms with Crippen molar-refractivity contribution in [3.63, 3.8) is 0 Å². The van der Waals surface area contributed by atoms with Gasteiger partial charge in [-0.1, -0.05) is 29.3 Å². The van der Waals surface area contributed by atoms with Gasteiger partial charge in [0, 0.05) is 0 Å². The third-order valence-electron chi connectivity index (χ3n) is 3.72. The molecule has 0 bridgehead atoms. The van der Waals surface area contributed by atoms with Crippen LogP contribution in [-0.2, 0) is 6.42 Å². The van der Waals surface area contributed by atoms with Gasteiger partial charge in [0.1, 0.15) is 19.0 Å². The first-order valence-electron chi connectivity index (χ1n) is 8.53. The Morgan fingerprint density at radius 2 is 1.72 bits per heavy atom. The van der Waals surface area contributed by atoms with Crippen LogP contribution in [0.1, 0.15) is 23.6 Å². The molecule has 0 saturated heterocycles. The molecular formula is C20H26ClNO3. The average molecular weight is 364 g/mol. The Kier molecular flexibility index (Phi) is 7.41. The predicted octanol–water partition coefficient (Wildman–Crippen LogP) is 4.31. The van der Waals surface area contributed by atoms with E-state index in [4.69, 9.17) is 31.5 Å². The van der Waals surface area contributed by atoms with Gasteiger partial charge in [0.15, 0.2) is 11.5 Å². The molecule has 0 aliphatic heterocycles. The van der Waals surface area contributed by atoms with Gasteiger partial charge in [-0.05, 0) is 63.1 Å². The van der Waals surface area contributed by atoms with Crippen molar-refractivity contribution in [3.8, 4) is 17.2 Å². The van der Waals surface area contributed by atoms with Crippen molar-refractivity contribution in [1.29, 1.82) is 0 Å². The van der Waals surface area contributed by atoms with E-state index >= 15 is 0 Å². The lowest BCUT2D eigenvalue weighted by Gasteiger charge is -2.16. The van der Waals surface area contributed by atoms with Crippen LogP contribution >= 0.6 is 11.6 Å². The highest BCUT2D eigenvalue weighted by Gasteiger charge is 2.12. The minimum Gasteiger partial charge on any atom is -0.490 e. The summed E-state index contributed by atoms with van der Waals surface area (Å²) < 4.78 is 17.3.